The van der Waals surface area contributed by atoms with Gasteiger partial charge in [0.25, 0.3) is 5.91 Å². The Bertz CT molecular complexity index is 642. The van der Waals surface area contributed by atoms with Gasteiger partial charge >= 0.3 is 0 Å². The van der Waals surface area contributed by atoms with Crippen molar-refractivity contribution in [1.82, 2.24) is 5.06 Å². The van der Waals surface area contributed by atoms with Crippen LogP contribution in [0.1, 0.15) is 109 Å². The molecule has 1 aliphatic heterocycles. The van der Waals surface area contributed by atoms with Gasteiger partial charge in [-0.1, -0.05) is 108 Å². The van der Waals surface area contributed by atoms with Crippen molar-refractivity contribution in [3.8, 4) is 0 Å². The average Bonchev–Trinajstić information content (AvgIpc) is 3.07. The second-order valence-electron chi connectivity index (χ2n) is 9.15. The minimum absolute atomic E-state index is 0.655. The van der Waals surface area contributed by atoms with E-state index in [1.807, 2.05) is 30.3 Å². The predicted molar refractivity (Wildman–Crippen MR) is 132 cm³/mol. The van der Waals surface area contributed by atoms with Gasteiger partial charge in [-0.05, 0) is 25.7 Å². The first-order valence-corrected chi connectivity index (χ1v) is 12.9. The van der Waals surface area contributed by atoms with Crippen molar-refractivity contribution in [2.75, 3.05) is 14.2 Å². The molecule has 5 nitrogen and oxygen atoms in total. The molecule has 182 valence electrons. The summed E-state index contributed by atoms with van der Waals surface area (Å²) in [4.78, 5) is 5.18. The molecule has 0 saturated heterocycles. The number of hydroxylamine groups is 2. The summed E-state index contributed by atoms with van der Waals surface area (Å²) in [6.07, 6.45) is 16.1. The first-order chi connectivity index (χ1) is 15.6. The highest BCUT2D eigenvalue weighted by molar-refractivity contribution is 6.06. The minimum Gasteiger partial charge on any atom is -0.334 e. The summed E-state index contributed by atoms with van der Waals surface area (Å²) in [5.74, 6) is -1.38. The lowest BCUT2D eigenvalue weighted by molar-refractivity contribution is -0.365. The molecule has 0 radical (unpaired) electrons. The highest BCUT2D eigenvalue weighted by Crippen LogP contribution is 2.43. The molecule has 1 aromatic carbocycles. The largest absolute Gasteiger partial charge is 0.334 e. The van der Waals surface area contributed by atoms with Crippen molar-refractivity contribution >= 4 is 5.71 Å². The molecule has 0 spiro atoms. The molecule has 1 aliphatic rings. The van der Waals surface area contributed by atoms with Crippen LogP contribution in [0.5, 0.6) is 0 Å². The maximum atomic E-state index is 11.5. The smallest absolute Gasteiger partial charge is 0.300 e. The molecule has 0 atom stereocenters. The van der Waals surface area contributed by atoms with Crippen LogP contribution in [0, 0.1) is 0 Å². The van der Waals surface area contributed by atoms with E-state index >= 15 is 0 Å². The molecule has 0 amide bonds. The molecular weight excluding hydrogens is 400 g/mol. The highest BCUT2D eigenvalue weighted by Gasteiger charge is 2.58. The van der Waals surface area contributed by atoms with E-state index in [9.17, 15) is 5.21 Å². The molecule has 1 heterocycles. The number of ether oxygens (including phenoxy) is 2. The fourth-order valence-corrected chi connectivity index (χ4v) is 4.82. The summed E-state index contributed by atoms with van der Waals surface area (Å²) in [7, 11) is 3.16. The third-order valence-corrected chi connectivity index (χ3v) is 6.75. The lowest BCUT2D eigenvalue weighted by atomic mass is 9.94. The van der Waals surface area contributed by atoms with E-state index in [4.69, 9.17) is 14.5 Å². The van der Waals surface area contributed by atoms with Crippen LogP contribution in [0.4, 0.5) is 0 Å². The number of benzene rings is 1. The molecule has 0 aromatic heterocycles. The van der Waals surface area contributed by atoms with Crippen molar-refractivity contribution in [2.45, 2.75) is 115 Å². The molecule has 0 bridgehead atoms. The van der Waals surface area contributed by atoms with E-state index in [1.54, 1.807) is 14.2 Å². The number of unbranched alkanes of at least 4 members (excludes halogenated alkanes) is 10. The van der Waals surface area contributed by atoms with Crippen LogP contribution in [0.15, 0.2) is 35.3 Å². The van der Waals surface area contributed by atoms with Crippen LogP contribution in [0.3, 0.4) is 0 Å². The average molecular weight is 447 g/mol. The lowest BCUT2D eigenvalue weighted by Gasteiger charge is -2.40. The molecule has 1 aromatic rings. The van der Waals surface area contributed by atoms with Gasteiger partial charge in [0.05, 0.1) is 0 Å². The molecular formula is C27H46N2O3. The number of aliphatic imine (C=N–C) groups is 1. The standard InChI is InChI=1S/C27H46N2O3/c1-5-7-9-11-13-18-22-26(23-19-14-12-10-8-6-2)28-25(24-20-16-15-17-21-24)27(31-3,32-4)29(26)30/h15-17,20-21,30H,5-14,18-19,22-23H2,1-4H3. The fourth-order valence-electron chi connectivity index (χ4n) is 4.82. The quantitative estimate of drug-likeness (QED) is 0.201. The molecule has 2 rings (SSSR count). The summed E-state index contributed by atoms with van der Waals surface area (Å²) >= 11 is 0. The van der Waals surface area contributed by atoms with Crippen LogP contribution in [0.25, 0.3) is 0 Å². The predicted octanol–water partition coefficient (Wildman–Crippen LogP) is 7.32. The summed E-state index contributed by atoms with van der Waals surface area (Å²) in [5.41, 5.74) is 0.859. The van der Waals surface area contributed by atoms with Gasteiger partial charge in [0.1, 0.15) is 11.4 Å². The number of methoxy groups -OCH3 is 2. The van der Waals surface area contributed by atoms with Gasteiger partial charge in [-0.15, -0.1) is 5.06 Å². The Morgan fingerprint density at radius 3 is 1.69 bits per heavy atom. The summed E-state index contributed by atoms with van der Waals surface area (Å²) in [5, 5.41) is 12.8. The van der Waals surface area contributed by atoms with Gasteiger partial charge in [-0.3, -0.25) is 4.99 Å². The van der Waals surface area contributed by atoms with Gasteiger partial charge in [0.15, 0.2) is 0 Å². The topological polar surface area (TPSA) is 54.3 Å². The number of nitrogens with zero attached hydrogens (tertiary/aromatic N) is 2. The first kappa shape index (κ1) is 27.0. The van der Waals surface area contributed by atoms with E-state index in [0.29, 0.717) is 5.71 Å². The van der Waals surface area contributed by atoms with Gasteiger partial charge in [-0.25, -0.2) is 0 Å². The monoisotopic (exact) mass is 446 g/mol. The zero-order valence-corrected chi connectivity index (χ0v) is 20.9. The second-order valence-corrected chi connectivity index (χ2v) is 9.15. The Morgan fingerprint density at radius 1 is 0.750 bits per heavy atom. The van der Waals surface area contributed by atoms with Crippen LogP contribution < -0.4 is 0 Å². The molecule has 0 unspecified atom stereocenters. The van der Waals surface area contributed by atoms with E-state index in [1.165, 1.54) is 56.4 Å². The minimum atomic E-state index is -1.38. The molecule has 5 heteroatoms. The summed E-state index contributed by atoms with van der Waals surface area (Å²) < 4.78 is 11.6. The number of hydrogen-bond acceptors (Lipinski definition) is 5. The summed E-state index contributed by atoms with van der Waals surface area (Å²) in [6, 6.07) is 9.96. The Kier molecular flexibility index (Phi) is 11.9. The first-order valence-electron chi connectivity index (χ1n) is 12.9. The van der Waals surface area contributed by atoms with Crippen molar-refractivity contribution in [3.05, 3.63) is 35.9 Å². The third kappa shape index (κ3) is 6.63. The zero-order valence-electron chi connectivity index (χ0n) is 20.9. The third-order valence-electron chi connectivity index (χ3n) is 6.75. The van der Waals surface area contributed by atoms with Crippen molar-refractivity contribution in [2.24, 2.45) is 4.99 Å². The van der Waals surface area contributed by atoms with E-state index in [0.717, 1.165) is 44.1 Å². The van der Waals surface area contributed by atoms with Crippen molar-refractivity contribution < 1.29 is 14.7 Å². The Balaban J connectivity index is 2.23. The SMILES string of the molecule is CCCCCCCCC1(CCCCCCCC)N=C(c2ccccc2)C(OC)(OC)N1O. The second kappa shape index (κ2) is 14.1. The van der Waals surface area contributed by atoms with Crippen molar-refractivity contribution in [3.63, 3.8) is 0 Å². The fraction of sp³-hybridized carbons (Fsp3) is 0.741. The maximum absolute atomic E-state index is 11.5. The summed E-state index contributed by atoms with van der Waals surface area (Å²) in [6.45, 7) is 4.49. The van der Waals surface area contributed by atoms with Gasteiger partial charge in [0, 0.05) is 19.8 Å². The Morgan fingerprint density at radius 2 is 1.22 bits per heavy atom. The molecule has 0 saturated carbocycles. The zero-order chi connectivity index (χ0) is 23.3. The molecule has 0 aliphatic carbocycles. The normalized spacial score (nSPS) is 17.6. The lowest BCUT2D eigenvalue weighted by Crippen LogP contribution is -2.58. The van der Waals surface area contributed by atoms with Crippen LogP contribution in [-0.4, -0.2) is 41.8 Å². The van der Waals surface area contributed by atoms with E-state index in [2.05, 4.69) is 13.8 Å². The number of hydrogen-bond donors (Lipinski definition) is 1. The van der Waals surface area contributed by atoms with Gasteiger partial charge < -0.3 is 14.7 Å². The van der Waals surface area contributed by atoms with Gasteiger partial charge in [-0.2, -0.15) is 0 Å². The molecule has 1 N–H and O–H groups in total. The van der Waals surface area contributed by atoms with E-state index in [-0.39, 0.29) is 0 Å². The highest BCUT2D eigenvalue weighted by atomic mass is 16.8. The Labute approximate surface area is 196 Å². The maximum Gasteiger partial charge on any atom is 0.300 e. The van der Waals surface area contributed by atoms with Crippen LogP contribution in [-0.2, 0) is 9.47 Å². The number of rotatable bonds is 17. The molecule has 32 heavy (non-hydrogen) atoms. The van der Waals surface area contributed by atoms with Crippen molar-refractivity contribution in [1.29, 1.82) is 0 Å². The Hall–Kier alpha value is -1.27. The van der Waals surface area contributed by atoms with E-state index < -0.39 is 11.6 Å². The van der Waals surface area contributed by atoms with Crippen LogP contribution >= 0.6 is 0 Å². The van der Waals surface area contributed by atoms with Gasteiger partial charge in [0.2, 0.25) is 0 Å². The molecule has 0 fully saturated rings. The van der Waals surface area contributed by atoms with Crippen LogP contribution in [0.2, 0.25) is 0 Å².